The number of nitrogens with zero attached hydrogens (tertiary/aromatic N) is 2. The molecule has 2 rings (SSSR count). The van der Waals surface area contributed by atoms with Crippen LogP contribution in [0.2, 0.25) is 0 Å². The quantitative estimate of drug-likeness (QED) is 0.803. The van der Waals surface area contributed by atoms with E-state index in [1.165, 1.54) is 19.3 Å². The highest BCUT2D eigenvalue weighted by Crippen LogP contribution is 2.23. The van der Waals surface area contributed by atoms with Gasteiger partial charge in [0.05, 0.1) is 6.61 Å². The predicted octanol–water partition coefficient (Wildman–Crippen LogP) is 1.95. The molecule has 2 heterocycles. The van der Waals surface area contributed by atoms with Crippen LogP contribution in [0.5, 0.6) is 0 Å². The van der Waals surface area contributed by atoms with Crippen LogP contribution in [0.3, 0.4) is 0 Å². The van der Waals surface area contributed by atoms with Crippen LogP contribution in [0.1, 0.15) is 31.7 Å². The monoisotopic (exact) mass is 206 g/mol. The normalized spacial score (nSPS) is 21.7. The Balaban J connectivity index is 2.19. The third-order valence-electron chi connectivity index (χ3n) is 3.09. The molecule has 1 aromatic heterocycles. The maximum Gasteiger partial charge on any atom is 0.129 e. The van der Waals surface area contributed by atoms with E-state index in [1.807, 2.05) is 12.1 Å². The van der Waals surface area contributed by atoms with Crippen molar-refractivity contribution in [2.24, 2.45) is 0 Å². The van der Waals surface area contributed by atoms with Crippen LogP contribution in [-0.4, -0.2) is 22.7 Å². The molecule has 0 saturated carbocycles. The summed E-state index contributed by atoms with van der Waals surface area (Å²) in [6, 6.07) is 4.42. The van der Waals surface area contributed by atoms with E-state index < -0.39 is 0 Å². The summed E-state index contributed by atoms with van der Waals surface area (Å²) in [5.74, 6) is 1.01. The number of anilines is 1. The Morgan fingerprint density at radius 2 is 2.40 bits per heavy atom. The van der Waals surface area contributed by atoms with Crippen molar-refractivity contribution in [2.75, 3.05) is 11.4 Å². The molecule has 1 fully saturated rings. The maximum absolute atomic E-state index is 9.08. The molecule has 1 aliphatic rings. The van der Waals surface area contributed by atoms with Gasteiger partial charge in [0.1, 0.15) is 5.82 Å². The van der Waals surface area contributed by atoms with Gasteiger partial charge in [-0.05, 0) is 43.9 Å². The van der Waals surface area contributed by atoms with Crippen molar-refractivity contribution in [3.63, 3.8) is 0 Å². The summed E-state index contributed by atoms with van der Waals surface area (Å²) in [6.45, 7) is 3.42. The minimum absolute atomic E-state index is 0.0950. The van der Waals surface area contributed by atoms with Crippen molar-refractivity contribution >= 4 is 5.82 Å². The number of aromatic nitrogens is 1. The minimum atomic E-state index is 0.0950. The van der Waals surface area contributed by atoms with Gasteiger partial charge in [0.2, 0.25) is 0 Å². The van der Waals surface area contributed by atoms with Crippen LogP contribution in [0, 0.1) is 0 Å². The van der Waals surface area contributed by atoms with Crippen LogP contribution in [0.25, 0.3) is 0 Å². The van der Waals surface area contributed by atoms with Crippen LogP contribution in [0.15, 0.2) is 18.3 Å². The van der Waals surface area contributed by atoms with Crippen molar-refractivity contribution < 1.29 is 5.11 Å². The van der Waals surface area contributed by atoms with Crippen molar-refractivity contribution in [2.45, 2.75) is 38.8 Å². The van der Waals surface area contributed by atoms with E-state index in [9.17, 15) is 0 Å². The van der Waals surface area contributed by atoms with E-state index in [2.05, 4.69) is 16.8 Å². The molecular formula is C12H18N2O. The van der Waals surface area contributed by atoms with E-state index in [0.29, 0.717) is 6.04 Å². The Hall–Kier alpha value is -1.09. The van der Waals surface area contributed by atoms with Crippen LogP contribution >= 0.6 is 0 Å². The number of rotatable bonds is 2. The second kappa shape index (κ2) is 4.62. The zero-order valence-electron chi connectivity index (χ0n) is 9.19. The molecule has 15 heavy (non-hydrogen) atoms. The predicted molar refractivity (Wildman–Crippen MR) is 60.8 cm³/mol. The molecule has 0 aliphatic carbocycles. The summed E-state index contributed by atoms with van der Waals surface area (Å²) in [6.07, 6.45) is 5.58. The molecule has 1 saturated heterocycles. The Morgan fingerprint density at radius 1 is 1.53 bits per heavy atom. The highest BCUT2D eigenvalue weighted by atomic mass is 16.3. The number of aliphatic hydroxyl groups is 1. The number of hydrogen-bond acceptors (Lipinski definition) is 3. The first-order valence-corrected chi connectivity index (χ1v) is 5.63. The van der Waals surface area contributed by atoms with E-state index >= 15 is 0 Å². The molecule has 1 aromatic rings. The van der Waals surface area contributed by atoms with E-state index in [4.69, 9.17) is 5.11 Å². The molecular weight excluding hydrogens is 188 g/mol. The number of piperidine rings is 1. The molecule has 3 nitrogen and oxygen atoms in total. The Labute approximate surface area is 90.8 Å². The standard InChI is InChI=1S/C12H18N2O/c1-10-4-2-3-7-14(10)12-8-11(9-15)5-6-13-12/h5-6,8,10,15H,2-4,7,9H2,1H3. The average molecular weight is 206 g/mol. The largest absolute Gasteiger partial charge is 0.392 e. The molecule has 1 atom stereocenters. The second-order valence-corrected chi connectivity index (χ2v) is 4.22. The van der Waals surface area contributed by atoms with Crippen molar-refractivity contribution in [3.8, 4) is 0 Å². The molecule has 1 aliphatic heterocycles. The van der Waals surface area contributed by atoms with Crippen LogP contribution in [-0.2, 0) is 6.61 Å². The van der Waals surface area contributed by atoms with Gasteiger partial charge in [-0.3, -0.25) is 0 Å². The molecule has 3 heteroatoms. The summed E-state index contributed by atoms with van der Waals surface area (Å²) in [4.78, 5) is 6.71. The molecule has 1 unspecified atom stereocenters. The van der Waals surface area contributed by atoms with E-state index in [-0.39, 0.29) is 6.61 Å². The van der Waals surface area contributed by atoms with Gasteiger partial charge < -0.3 is 10.0 Å². The highest BCUT2D eigenvalue weighted by Gasteiger charge is 2.19. The van der Waals surface area contributed by atoms with Crippen molar-refractivity contribution in [3.05, 3.63) is 23.9 Å². The first kappa shape index (κ1) is 10.4. The van der Waals surface area contributed by atoms with Crippen LogP contribution in [0.4, 0.5) is 5.82 Å². The maximum atomic E-state index is 9.08. The average Bonchev–Trinajstić information content (AvgIpc) is 2.30. The number of hydrogen-bond donors (Lipinski definition) is 1. The second-order valence-electron chi connectivity index (χ2n) is 4.22. The lowest BCUT2D eigenvalue weighted by molar-refractivity contribution is 0.281. The fourth-order valence-electron chi connectivity index (χ4n) is 2.15. The lowest BCUT2D eigenvalue weighted by atomic mass is 10.0. The third kappa shape index (κ3) is 2.29. The summed E-state index contributed by atoms with van der Waals surface area (Å²) in [5, 5.41) is 9.08. The smallest absolute Gasteiger partial charge is 0.129 e. The fraction of sp³-hybridized carbons (Fsp3) is 0.583. The summed E-state index contributed by atoms with van der Waals surface area (Å²) >= 11 is 0. The Kier molecular flexibility index (Phi) is 3.21. The third-order valence-corrected chi connectivity index (χ3v) is 3.09. The highest BCUT2D eigenvalue weighted by molar-refractivity contribution is 5.42. The van der Waals surface area contributed by atoms with Gasteiger partial charge in [-0.15, -0.1) is 0 Å². The molecule has 0 aromatic carbocycles. The van der Waals surface area contributed by atoms with E-state index in [0.717, 1.165) is 17.9 Å². The molecule has 0 radical (unpaired) electrons. The zero-order valence-corrected chi connectivity index (χ0v) is 9.19. The zero-order chi connectivity index (χ0) is 10.7. The van der Waals surface area contributed by atoms with Crippen molar-refractivity contribution in [1.82, 2.24) is 4.98 Å². The van der Waals surface area contributed by atoms with Gasteiger partial charge in [-0.2, -0.15) is 0 Å². The van der Waals surface area contributed by atoms with E-state index in [1.54, 1.807) is 6.20 Å². The SMILES string of the molecule is CC1CCCCN1c1cc(CO)ccn1. The van der Waals surface area contributed by atoms with Gasteiger partial charge >= 0.3 is 0 Å². The van der Waals surface area contributed by atoms with Gasteiger partial charge in [-0.25, -0.2) is 4.98 Å². The molecule has 1 N–H and O–H groups in total. The number of aliphatic hydroxyl groups excluding tert-OH is 1. The van der Waals surface area contributed by atoms with Gasteiger partial charge in [0.15, 0.2) is 0 Å². The fourth-order valence-corrected chi connectivity index (χ4v) is 2.15. The summed E-state index contributed by atoms with van der Waals surface area (Å²) in [7, 11) is 0. The van der Waals surface area contributed by atoms with Gasteiger partial charge in [-0.1, -0.05) is 0 Å². The number of pyridine rings is 1. The first-order chi connectivity index (χ1) is 7.31. The summed E-state index contributed by atoms with van der Waals surface area (Å²) in [5.41, 5.74) is 0.942. The lowest BCUT2D eigenvalue weighted by Crippen LogP contribution is -2.37. The molecule has 82 valence electrons. The molecule has 0 bridgehead atoms. The first-order valence-electron chi connectivity index (χ1n) is 5.63. The van der Waals surface area contributed by atoms with Gasteiger partial charge in [0.25, 0.3) is 0 Å². The lowest BCUT2D eigenvalue weighted by Gasteiger charge is -2.34. The van der Waals surface area contributed by atoms with Gasteiger partial charge in [0, 0.05) is 18.8 Å². The topological polar surface area (TPSA) is 36.4 Å². The summed E-state index contributed by atoms with van der Waals surface area (Å²) < 4.78 is 0. The minimum Gasteiger partial charge on any atom is -0.392 e. The van der Waals surface area contributed by atoms with Crippen molar-refractivity contribution in [1.29, 1.82) is 0 Å². The Morgan fingerprint density at radius 3 is 3.13 bits per heavy atom. The Bertz CT molecular complexity index is 327. The van der Waals surface area contributed by atoms with Crippen LogP contribution < -0.4 is 4.90 Å². The molecule has 0 spiro atoms. The molecule has 0 amide bonds.